The summed E-state index contributed by atoms with van der Waals surface area (Å²) in [5.74, 6) is 1.25. The molecule has 0 aliphatic heterocycles. The van der Waals surface area contributed by atoms with Crippen molar-refractivity contribution in [3.8, 4) is 0 Å². The van der Waals surface area contributed by atoms with Crippen molar-refractivity contribution in [2.24, 2.45) is 0 Å². The molecule has 1 aliphatic carbocycles. The van der Waals surface area contributed by atoms with Crippen molar-refractivity contribution in [1.29, 1.82) is 0 Å². The number of nitrogens with zero attached hydrogens (tertiary/aromatic N) is 2. The Morgan fingerprint density at radius 2 is 2.13 bits per heavy atom. The zero-order valence-electron chi connectivity index (χ0n) is 9.29. The Balaban J connectivity index is 2.33. The van der Waals surface area contributed by atoms with Gasteiger partial charge in [0, 0.05) is 25.1 Å². The predicted molar refractivity (Wildman–Crippen MR) is 60.4 cm³/mol. The average Bonchev–Trinajstić information content (AvgIpc) is 3.02. The summed E-state index contributed by atoms with van der Waals surface area (Å²) in [4.78, 5) is 20.8. The van der Waals surface area contributed by atoms with E-state index in [0.29, 0.717) is 5.92 Å². The summed E-state index contributed by atoms with van der Waals surface area (Å²) in [6.07, 6.45) is 2.35. The van der Waals surface area contributed by atoms with Gasteiger partial charge in [0.25, 0.3) is 5.56 Å². The summed E-state index contributed by atoms with van der Waals surface area (Å²) >= 11 is 0. The summed E-state index contributed by atoms with van der Waals surface area (Å²) in [6, 6.07) is 1.63. The van der Waals surface area contributed by atoms with Crippen LogP contribution in [0.4, 0.5) is 5.95 Å². The van der Waals surface area contributed by atoms with E-state index in [0.717, 1.165) is 24.7 Å². The van der Waals surface area contributed by atoms with Crippen LogP contribution in [0.15, 0.2) is 10.9 Å². The van der Waals surface area contributed by atoms with Crippen molar-refractivity contribution in [2.45, 2.75) is 32.6 Å². The second-order valence-electron chi connectivity index (χ2n) is 3.94. The summed E-state index contributed by atoms with van der Waals surface area (Å²) < 4.78 is 0. The summed E-state index contributed by atoms with van der Waals surface area (Å²) in [6.45, 7) is 5.86. The van der Waals surface area contributed by atoms with Crippen molar-refractivity contribution in [3.63, 3.8) is 0 Å². The lowest BCUT2D eigenvalue weighted by molar-refractivity contribution is 0.803. The molecule has 0 atom stereocenters. The molecular formula is C11H17N3O. The van der Waals surface area contributed by atoms with Crippen LogP contribution in [-0.2, 0) is 0 Å². The molecule has 0 spiro atoms. The zero-order valence-corrected chi connectivity index (χ0v) is 9.29. The summed E-state index contributed by atoms with van der Waals surface area (Å²) in [5.41, 5.74) is 0.925. The molecule has 2 rings (SSSR count). The lowest BCUT2D eigenvalue weighted by Gasteiger charge is -2.19. The van der Waals surface area contributed by atoms with Crippen molar-refractivity contribution in [1.82, 2.24) is 9.97 Å². The summed E-state index contributed by atoms with van der Waals surface area (Å²) in [5, 5.41) is 0. The molecule has 0 bridgehead atoms. The van der Waals surface area contributed by atoms with Crippen molar-refractivity contribution >= 4 is 5.95 Å². The molecule has 4 nitrogen and oxygen atoms in total. The quantitative estimate of drug-likeness (QED) is 0.813. The number of aromatic amines is 1. The van der Waals surface area contributed by atoms with Gasteiger partial charge in [0.15, 0.2) is 0 Å². The van der Waals surface area contributed by atoms with E-state index in [1.165, 1.54) is 12.8 Å². The van der Waals surface area contributed by atoms with Crippen LogP contribution in [0.3, 0.4) is 0 Å². The highest BCUT2D eigenvalue weighted by molar-refractivity contribution is 5.31. The fourth-order valence-electron chi connectivity index (χ4n) is 1.72. The van der Waals surface area contributed by atoms with Gasteiger partial charge in [-0.2, -0.15) is 0 Å². The van der Waals surface area contributed by atoms with E-state index in [1.807, 2.05) is 0 Å². The van der Waals surface area contributed by atoms with Crippen LogP contribution in [0.1, 0.15) is 38.3 Å². The zero-order chi connectivity index (χ0) is 10.8. The Kier molecular flexibility index (Phi) is 2.75. The van der Waals surface area contributed by atoms with E-state index in [1.54, 1.807) is 6.07 Å². The van der Waals surface area contributed by atoms with Gasteiger partial charge in [-0.3, -0.25) is 9.78 Å². The van der Waals surface area contributed by atoms with Crippen LogP contribution < -0.4 is 10.5 Å². The third-order valence-corrected chi connectivity index (χ3v) is 2.81. The van der Waals surface area contributed by atoms with E-state index < -0.39 is 0 Å². The molecule has 1 aromatic heterocycles. The van der Waals surface area contributed by atoms with E-state index in [4.69, 9.17) is 0 Å². The third-order valence-electron chi connectivity index (χ3n) is 2.81. The number of aromatic nitrogens is 2. The van der Waals surface area contributed by atoms with Crippen LogP contribution in [-0.4, -0.2) is 23.1 Å². The lowest BCUT2D eigenvalue weighted by atomic mass is 10.3. The van der Waals surface area contributed by atoms with Gasteiger partial charge in [-0.15, -0.1) is 0 Å². The maximum Gasteiger partial charge on any atom is 0.252 e. The number of rotatable bonds is 4. The minimum Gasteiger partial charge on any atom is -0.343 e. The second-order valence-corrected chi connectivity index (χ2v) is 3.94. The standard InChI is InChI=1S/C11H17N3O/c1-3-14(4-2)11-12-9(8-5-6-8)7-10(15)13-11/h7-8H,3-6H2,1-2H3,(H,12,13,15). The SMILES string of the molecule is CCN(CC)c1nc(C2CC2)cc(=O)[nH]1. The maximum absolute atomic E-state index is 11.5. The largest absolute Gasteiger partial charge is 0.343 e. The molecule has 0 unspecified atom stereocenters. The highest BCUT2D eigenvalue weighted by Gasteiger charge is 2.26. The van der Waals surface area contributed by atoms with Crippen LogP contribution in [0.5, 0.6) is 0 Å². The van der Waals surface area contributed by atoms with Crippen molar-refractivity contribution in [3.05, 3.63) is 22.1 Å². The van der Waals surface area contributed by atoms with Gasteiger partial charge in [0.2, 0.25) is 5.95 Å². The van der Waals surface area contributed by atoms with Crippen molar-refractivity contribution in [2.75, 3.05) is 18.0 Å². The van der Waals surface area contributed by atoms with E-state index in [2.05, 4.69) is 28.7 Å². The molecule has 0 radical (unpaired) electrons. The van der Waals surface area contributed by atoms with Gasteiger partial charge in [0.05, 0.1) is 5.69 Å². The third kappa shape index (κ3) is 2.19. The molecular weight excluding hydrogens is 190 g/mol. The molecule has 0 amide bonds. The Hall–Kier alpha value is -1.32. The minimum absolute atomic E-state index is 0.0335. The predicted octanol–water partition coefficient (Wildman–Crippen LogP) is 1.49. The van der Waals surface area contributed by atoms with Gasteiger partial charge < -0.3 is 4.90 Å². The number of hydrogen-bond acceptors (Lipinski definition) is 3. The first-order valence-electron chi connectivity index (χ1n) is 5.60. The Bertz CT molecular complexity index is 391. The first-order chi connectivity index (χ1) is 7.24. The fourth-order valence-corrected chi connectivity index (χ4v) is 1.72. The fraction of sp³-hybridized carbons (Fsp3) is 0.636. The average molecular weight is 207 g/mol. The Morgan fingerprint density at radius 1 is 1.47 bits per heavy atom. The highest BCUT2D eigenvalue weighted by atomic mass is 16.1. The Labute approximate surface area is 89.3 Å². The molecule has 1 heterocycles. The molecule has 0 saturated heterocycles. The number of H-pyrrole nitrogens is 1. The van der Waals surface area contributed by atoms with E-state index in [-0.39, 0.29) is 5.56 Å². The van der Waals surface area contributed by atoms with Crippen LogP contribution in [0.2, 0.25) is 0 Å². The normalized spacial score (nSPS) is 15.3. The van der Waals surface area contributed by atoms with Crippen LogP contribution in [0, 0.1) is 0 Å². The molecule has 1 N–H and O–H groups in total. The van der Waals surface area contributed by atoms with E-state index >= 15 is 0 Å². The smallest absolute Gasteiger partial charge is 0.252 e. The highest BCUT2D eigenvalue weighted by Crippen LogP contribution is 2.38. The molecule has 1 fully saturated rings. The second kappa shape index (κ2) is 4.04. The number of nitrogens with one attached hydrogen (secondary N) is 1. The molecule has 82 valence electrons. The first kappa shape index (κ1) is 10.2. The number of hydrogen-bond donors (Lipinski definition) is 1. The molecule has 4 heteroatoms. The number of anilines is 1. The Morgan fingerprint density at radius 3 is 2.67 bits per heavy atom. The van der Waals surface area contributed by atoms with E-state index in [9.17, 15) is 4.79 Å². The van der Waals surface area contributed by atoms with Gasteiger partial charge in [-0.25, -0.2) is 4.98 Å². The minimum atomic E-state index is -0.0335. The van der Waals surface area contributed by atoms with Crippen LogP contribution in [0.25, 0.3) is 0 Å². The molecule has 1 aromatic rings. The van der Waals surface area contributed by atoms with Crippen molar-refractivity contribution < 1.29 is 0 Å². The topological polar surface area (TPSA) is 49.0 Å². The molecule has 1 saturated carbocycles. The van der Waals surface area contributed by atoms with Gasteiger partial charge in [-0.05, 0) is 26.7 Å². The first-order valence-corrected chi connectivity index (χ1v) is 5.60. The molecule has 1 aliphatic rings. The van der Waals surface area contributed by atoms with Gasteiger partial charge >= 0.3 is 0 Å². The molecule has 0 aromatic carbocycles. The lowest BCUT2D eigenvalue weighted by Crippen LogP contribution is -2.27. The van der Waals surface area contributed by atoms with Crippen LogP contribution >= 0.6 is 0 Å². The monoisotopic (exact) mass is 207 g/mol. The molecule has 15 heavy (non-hydrogen) atoms. The maximum atomic E-state index is 11.5. The summed E-state index contributed by atoms with van der Waals surface area (Å²) in [7, 11) is 0. The van der Waals surface area contributed by atoms with Gasteiger partial charge in [-0.1, -0.05) is 0 Å². The van der Waals surface area contributed by atoms with Gasteiger partial charge in [0.1, 0.15) is 0 Å².